The van der Waals surface area contributed by atoms with Crippen LogP contribution in [0.4, 0.5) is 5.69 Å². The maximum absolute atomic E-state index is 10.8. The summed E-state index contributed by atoms with van der Waals surface area (Å²) in [6, 6.07) is 4.24. The molecule has 2 N–H and O–H groups in total. The van der Waals surface area contributed by atoms with E-state index in [0.717, 1.165) is 43.5 Å². The van der Waals surface area contributed by atoms with E-state index >= 15 is 0 Å². The number of carbonyl (C=O) groups is 1. The highest BCUT2D eigenvalue weighted by atomic mass is 16.5. The molecule has 0 bridgehead atoms. The topological polar surface area (TPSA) is 58.6 Å². The van der Waals surface area contributed by atoms with Crippen LogP contribution in [0.2, 0.25) is 0 Å². The van der Waals surface area contributed by atoms with E-state index in [4.69, 9.17) is 4.74 Å². The molecule has 0 aromatic heterocycles. The van der Waals surface area contributed by atoms with Gasteiger partial charge in [0.25, 0.3) is 0 Å². The molecule has 3 aliphatic carbocycles. The molecule has 1 amide bonds. The third-order valence-corrected chi connectivity index (χ3v) is 7.21. The lowest BCUT2D eigenvalue weighted by Crippen LogP contribution is -2.43. The van der Waals surface area contributed by atoms with E-state index in [2.05, 4.69) is 24.4 Å². The van der Waals surface area contributed by atoms with Crippen LogP contribution in [0.5, 0.6) is 5.75 Å². The van der Waals surface area contributed by atoms with Gasteiger partial charge in [-0.25, -0.2) is 0 Å². The summed E-state index contributed by atoms with van der Waals surface area (Å²) < 4.78 is 5.51. The molecule has 2 saturated carbocycles. The van der Waals surface area contributed by atoms with E-state index in [1.165, 1.54) is 17.5 Å². The fourth-order valence-electron chi connectivity index (χ4n) is 5.92. The highest BCUT2D eigenvalue weighted by Crippen LogP contribution is 2.61. The Balaban J connectivity index is 1.71. The summed E-state index contributed by atoms with van der Waals surface area (Å²) in [5.74, 6) is 2.62. The van der Waals surface area contributed by atoms with Gasteiger partial charge in [0.1, 0.15) is 5.75 Å². The monoisotopic (exact) mass is 329 g/mol. The molecule has 1 aromatic carbocycles. The van der Waals surface area contributed by atoms with Crippen molar-refractivity contribution in [1.29, 1.82) is 0 Å². The summed E-state index contributed by atoms with van der Waals surface area (Å²) in [5.41, 5.74) is 3.63. The second-order valence-electron chi connectivity index (χ2n) is 8.07. The predicted octanol–water partition coefficient (Wildman–Crippen LogP) is 3.48. The molecule has 4 rings (SSSR count). The lowest BCUT2D eigenvalue weighted by atomic mass is 9.55. The standard InChI is InChI=1S/C20H27NO3/c1-20-8-7-13-14(16(20)5-6-19(20)23)4-3-12-9-17(21-11-22)18(24-2)10-15(12)13/h9-11,13-14,16,19,23H,3-8H2,1-2H3,(H,21,22)/t13-,14+,16-,19-,20-/m0/s1. The highest BCUT2D eigenvalue weighted by molar-refractivity contribution is 5.76. The van der Waals surface area contributed by atoms with E-state index < -0.39 is 0 Å². The van der Waals surface area contributed by atoms with Crippen LogP contribution in [0.1, 0.15) is 56.1 Å². The number of carbonyl (C=O) groups excluding carboxylic acids is 1. The summed E-state index contributed by atoms with van der Waals surface area (Å²) in [4.78, 5) is 10.8. The quantitative estimate of drug-likeness (QED) is 0.835. The van der Waals surface area contributed by atoms with Crippen molar-refractivity contribution in [2.45, 2.75) is 57.5 Å². The fourth-order valence-corrected chi connectivity index (χ4v) is 5.92. The number of hydrogen-bond acceptors (Lipinski definition) is 3. The van der Waals surface area contributed by atoms with Gasteiger partial charge in [0.2, 0.25) is 6.41 Å². The molecular weight excluding hydrogens is 302 g/mol. The van der Waals surface area contributed by atoms with E-state index in [1.54, 1.807) is 7.11 Å². The van der Waals surface area contributed by atoms with Gasteiger partial charge in [-0.3, -0.25) is 4.79 Å². The number of aryl methyl sites for hydroxylation is 1. The van der Waals surface area contributed by atoms with Crippen LogP contribution >= 0.6 is 0 Å². The largest absolute Gasteiger partial charge is 0.495 e. The molecule has 4 nitrogen and oxygen atoms in total. The Bertz CT molecular complexity index is 659. The maximum Gasteiger partial charge on any atom is 0.211 e. The third kappa shape index (κ3) is 2.19. The second kappa shape index (κ2) is 5.76. The minimum Gasteiger partial charge on any atom is -0.495 e. The Morgan fingerprint density at radius 2 is 2.12 bits per heavy atom. The molecule has 0 saturated heterocycles. The van der Waals surface area contributed by atoms with Gasteiger partial charge in [-0.15, -0.1) is 0 Å². The number of rotatable bonds is 3. The first kappa shape index (κ1) is 15.9. The molecule has 130 valence electrons. The van der Waals surface area contributed by atoms with E-state index in [9.17, 15) is 9.90 Å². The van der Waals surface area contributed by atoms with Crippen LogP contribution in [-0.2, 0) is 11.2 Å². The zero-order valence-corrected chi connectivity index (χ0v) is 14.5. The molecule has 1 aromatic rings. The highest BCUT2D eigenvalue weighted by Gasteiger charge is 2.54. The SMILES string of the molecule is COc1cc2c(cc1NC=O)CC[C@@H]1[C@@H]2CC[C@]2(C)[C@@H](O)CC[C@@H]12. The van der Waals surface area contributed by atoms with Crippen molar-refractivity contribution in [3.05, 3.63) is 23.3 Å². The molecular formula is C20H27NO3. The molecule has 3 aliphatic rings. The van der Waals surface area contributed by atoms with Gasteiger partial charge in [0, 0.05) is 0 Å². The van der Waals surface area contributed by atoms with Gasteiger partial charge in [-0.2, -0.15) is 0 Å². The zero-order valence-electron chi connectivity index (χ0n) is 14.5. The van der Waals surface area contributed by atoms with Crippen molar-refractivity contribution in [2.75, 3.05) is 12.4 Å². The van der Waals surface area contributed by atoms with Crippen molar-refractivity contribution >= 4 is 12.1 Å². The van der Waals surface area contributed by atoms with Crippen molar-refractivity contribution in [1.82, 2.24) is 0 Å². The average molecular weight is 329 g/mol. The first-order chi connectivity index (χ1) is 11.6. The number of hydrogen-bond donors (Lipinski definition) is 2. The molecule has 0 spiro atoms. The smallest absolute Gasteiger partial charge is 0.211 e. The van der Waals surface area contributed by atoms with Crippen molar-refractivity contribution in [3.63, 3.8) is 0 Å². The predicted molar refractivity (Wildman–Crippen MR) is 93.3 cm³/mol. The molecule has 0 aliphatic heterocycles. The Morgan fingerprint density at radius 3 is 2.88 bits per heavy atom. The van der Waals surface area contributed by atoms with Crippen LogP contribution in [0.15, 0.2) is 12.1 Å². The van der Waals surface area contributed by atoms with Gasteiger partial charge in [0.15, 0.2) is 0 Å². The minimum atomic E-state index is -0.126. The van der Waals surface area contributed by atoms with Crippen LogP contribution in [-0.4, -0.2) is 24.7 Å². The van der Waals surface area contributed by atoms with E-state index in [-0.39, 0.29) is 11.5 Å². The number of amides is 1. The Labute approximate surface area is 143 Å². The van der Waals surface area contributed by atoms with Crippen molar-refractivity contribution in [2.24, 2.45) is 17.3 Å². The van der Waals surface area contributed by atoms with Crippen molar-refractivity contribution in [3.8, 4) is 5.75 Å². The van der Waals surface area contributed by atoms with Crippen molar-refractivity contribution < 1.29 is 14.6 Å². The summed E-state index contributed by atoms with van der Waals surface area (Å²) in [5, 5.41) is 13.2. The number of methoxy groups -OCH3 is 1. The summed E-state index contributed by atoms with van der Waals surface area (Å²) in [7, 11) is 1.66. The summed E-state index contributed by atoms with van der Waals surface area (Å²) >= 11 is 0. The molecule has 0 unspecified atom stereocenters. The molecule has 24 heavy (non-hydrogen) atoms. The number of benzene rings is 1. The number of nitrogens with one attached hydrogen (secondary N) is 1. The molecule has 0 radical (unpaired) electrons. The van der Waals surface area contributed by atoms with E-state index in [0.29, 0.717) is 24.2 Å². The first-order valence-electron chi connectivity index (χ1n) is 9.17. The van der Waals surface area contributed by atoms with Gasteiger partial charge >= 0.3 is 0 Å². The molecule has 5 atom stereocenters. The first-order valence-corrected chi connectivity index (χ1v) is 9.17. The maximum atomic E-state index is 10.8. The zero-order chi connectivity index (χ0) is 16.9. The Hall–Kier alpha value is -1.55. The van der Waals surface area contributed by atoms with Crippen LogP contribution < -0.4 is 10.1 Å². The van der Waals surface area contributed by atoms with E-state index in [1.807, 2.05) is 0 Å². The lowest BCUT2D eigenvalue weighted by molar-refractivity contribution is -0.105. The molecule has 4 heteroatoms. The number of aliphatic hydroxyl groups excluding tert-OH is 1. The number of ether oxygens (including phenoxy) is 1. The van der Waals surface area contributed by atoms with Crippen LogP contribution in [0.3, 0.4) is 0 Å². The second-order valence-corrected chi connectivity index (χ2v) is 8.07. The Kier molecular flexibility index (Phi) is 3.83. The summed E-state index contributed by atoms with van der Waals surface area (Å²) in [6.07, 6.45) is 7.20. The Morgan fingerprint density at radius 1 is 1.29 bits per heavy atom. The normalized spacial score (nSPS) is 37.1. The number of aliphatic hydroxyl groups is 1. The van der Waals surface area contributed by atoms with Gasteiger partial charge in [0.05, 0.1) is 18.9 Å². The summed E-state index contributed by atoms with van der Waals surface area (Å²) in [6.45, 7) is 2.30. The minimum absolute atomic E-state index is 0.113. The average Bonchev–Trinajstić information content (AvgIpc) is 2.89. The van der Waals surface area contributed by atoms with Crippen LogP contribution in [0, 0.1) is 17.3 Å². The number of fused-ring (bicyclic) bond motifs is 5. The van der Waals surface area contributed by atoms with Gasteiger partial charge in [-0.1, -0.05) is 6.92 Å². The third-order valence-electron chi connectivity index (χ3n) is 7.21. The molecule has 2 fully saturated rings. The van der Waals surface area contributed by atoms with Gasteiger partial charge in [-0.05, 0) is 85.0 Å². The number of anilines is 1. The van der Waals surface area contributed by atoms with Crippen LogP contribution in [0.25, 0.3) is 0 Å². The van der Waals surface area contributed by atoms with Gasteiger partial charge < -0.3 is 15.2 Å². The lowest BCUT2D eigenvalue weighted by Gasteiger charge is -2.50. The fraction of sp³-hybridized carbons (Fsp3) is 0.650. The molecule has 0 heterocycles.